The summed E-state index contributed by atoms with van der Waals surface area (Å²) in [5, 5.41) is 0. The molecule has 1 fully saturated rings. The van der Waals surface area contributed by atoms with Gasteiger partial charge in [0.15, 0.2) is 9.84 Å². The van der Waals surface area contributed by atoms with E-state index in [4.69, 9.17) is 10.5 Å². The van der Waals surface area contributed by atoms with Crippen LogP contribution in [-0.2, 0) is 9.84 Å². The van der Waals surface area contributed by atoms with Crippen molar-refractivity contribution in [1.29, 1.82) is 0 Å². The summed E-state index contributed by atoms with van der Waals surface area (Å²) in [5.74, 6) is 0.596. The van der Waals surface area contributed by atoms with Crippen molar-refractivity contribution in [1.82, 2.24) is 4.90 Å². The number of hydrogen-bond acceptors (Lipinski definition) is 5. The van der Waals surface area contributed by atoms with Gasteiger partial charge in [-0.2, -0.15) is 0 Å². The number of sulfone groups is 1. The molecule has 1 heterocycles. The molecular formula is C15H25ClN2O3S. The molecule has 2 N–H and O–H groups in total. The van der Waals surface area contributed by atoms with E-state index in [1.165, 1.54) is 6.26 Å². The zero-order chi connectivity index (χ0) is 15.5. The van der Waals surface area contributed by atoms with Crippen LogP contribution < -0.4 is 10.5 Å². The molecule has 0 saturated carbocycles. The van der Waals surface area contributed by atoms with Crippen molar-refractivity contribution in [3.8, 4) is 5.75 Å². The Hall–Kier alpha value is -0.820. The number of nitrogens with two attached hydrogens (primary N) is 1. The van der Waals surface area contributed by atoms with Gasteiger partial charge in [0.1, 0.15) is 12.4 Å². The third-order valence-corrected chi connectivity index (χ3v) is 5.15. The molecule has 1 saturated heterocycles. The van der Waals surface area contributed by atoms with E-state index in [-0.39, 0.29) is 22.7 Å². The Morgan fingerprint density at radius 3 is 2.73 bits per heavy atom. The van der Waals surface area contributed by atoms with Crippen LogP contribution in [0.25, 0.3) is 0 Å². The normalized spacial score (nSPS) is 22.3. The van der Waals surface area contributed by atoms with Gasteiger partial charge in [-0.05, 0) is 43.1 Å². The highest BCUT2D eigenvalue weighted by Crippen LogP contribution is 2.28. The average Bonchev–Trinajstić information content (AvgIpc) is 2.81. The van der Waals surface area contributed by atoms with Crippen LogP contribution in [-0.4, -0.2) is 52.4 Å². The molecule has 5 nitrogen and oxygen atoms in total. The van der Waals surface area contributed by atoms with Gasteiger partial charge in [0, 0.05) is 19.3 Å². The standard InChI is InChI=1S/C15H24N2O3S.ClH/c1-15(11-16)6-7-17(12-15)8-9-20-13-4-3-5-14(10-13)21(2,18)19;/h3-5,10H,6-9,11-12,16H2,1-2H3;1H. The first-order valence-corrected chi connectivity index (χ1v) is 9.07. The first-order chi connectivity index (χ1) is 9.82. The largest absolute Gasteiger partial charge is 0.492 e. The molecule has 1 atom stereocenters. The van der Waals surface area contributed by atoms with Crippen molar-refractivity contribution < 1.29 is 13.2 Å². The minimum atomic E-state index is -3.19. The van der Waals surface area contributed by atoms with Gasteiger partial charge in [0.05, 0.1) is 4.90 Å². The zero-order valence-corrected chi connectivity index (χ0v) is 14.8. The molecule has 0 amide bonds. The molecule has 0 aliphatic carbocycles. The van der Waals surface area contributed by atoms with Crippen LogP contribution in [0.4, 0.5) is 0 Å². The molecule has 2 rings (SSSR count). The predicted octanol–water partition coefficient (Wildman–Crippen LogP) is 1.56. The first kappa shape index (κ1) is 19.2. The number of ether oxygens (including phenoxy) is 1. The van der Waals surface area contributed by atoms with Crippen LogP contribution in [0.3, 0.4) is 0 Å². The Balaban J connectivity index is 0.00000242. The van der Waals surface area contributed by atoms with Gasteiger partial charge < -0.3 is 10.5 Å². The maximum atomic E-state index is 11.5. The molecule has 126 valence electrons. The van der Waals surface area contributed by atoms with Crippen molar-refractivity contribution in [2.75, 3.05) is 39.0 Å². The fraction of sp³-hybridized carbons (Fsp3) is 0.600. The molecule has 0 radical (unpaired) electrons. The summed E-state index contributed by atoms with van der Waals surface area (Å²) in [4.78, 5) is 2.63. The monoisotopic (exact) mass is 348 g/mol. The quantitative estimate of drug-likeness (QED) is 0.844. The highest BCUT2D eigenvalue weighted by Gasteiger charge is 2.31. The van der Waals surface area contributed by atoms with E-state index >= 15 is 0 Å². The predicted molar refractivity (Wildman–Crippen MR) is 90.5 cm³/mol. The van der Waals surface area contributed by atoms with E-state index in [0.29, 0.717) is 18.9 Å². The third-order valence-electron chi connectivity index (χ3n) is 4.04. The van der Waals surface area contributed by atoms with E-state index in [1.807, 2.05) is 0 Å². The van der Waals surface area contributed by atoms with Crippen LogP contribution in [0, 0.1) is 5.41 Å². The fourth-order valence-electron chi connectivity index (χ4n) is 2.57. The number of rotatable bonds is 6. The molecule has 22 heavy (non-hydrogen) atoms. The highest BCUT2D eigenvalue weighted by molar-refractivity contribution is 7.90. The second-order valence-electron chi connectivity index (χ2n) is 6.14. The van der Waals surface area contributed by atoms with E-state index in [9.17, 15) is 8.42 Å². The van der Waals surface area contributed by atoms with Gasteiger partial charge in [0.2, 0.25) is 0 Å². The number of halogens is 1. The minimum Gasteiger partial charge on any atom is -0.492 e. The average molecular weight is 349 g/mol. The van der Waals surface area contributed by atoms with Crippen molar-refractivity contribution >= 4 is 22.2 Å². The molecular weight excluding hydrogens is 324 g/mol. The second kappa shape index (κ2) is 7.64. The topological polar surface area (TPSA) is 72.6 Å². The van der Waals surface area contributed by atoms with Crippen LogP contribution in [0.2, 0.25) is 0 Å². The van der Waals surface area contributed by atoms with Gasteiger partial charge in [0.25, 0.3) is 0 Å². The number of hydrogen-bond donors (Lipinski definition) is 1. The molecule has 0 aromatic heterocycles. The van der Waals surface area contributed by atoms with E-state index < -0.39 is 9.84 Å². The highest BCUT2D eigenvalue weighted by atomic mass is 35.5. The van der Waals surface area contributed by atoms with Gasteiger partial charge >= 0.3 is 0 Å². The third kappa shape index (κ3) is 5.12. The molecule has 1 aliphatic rings. The summed E-state index contributed by atoms with van der Waals surface area (Å²) in [6.45, 7) is 6.34. The van der Waals surface area contributed by atoms with Gasteiger partial charge in [-0.25, -0.2) is 8.42 Å². The van der Waals surface area contributed by atoms with Crippen LogP contribution in [0.5, 0.6) is 5.75 Å². The Kier molecular flexibility index (Phi) is 6.67. The van der Waals surface area contributed by atoms with Crippen LogP contribution in [0.15, 0.2) is 29.2 Å². The lowest BCUT2D eigenvalue weighted by Gasteiger charge is -2.22. The summed E-state index contributed by atoms with van der Waals surface area (Å²) in [7, 11) is -3.19. The maximum Gasteiger partial charge on any atom is 0.175 e. The Bertz CT molecular complexity index is 594. The number of likely N-dealkylation sites (tertiary alicyclic amines) is 1. The van der Waals surface area contributed by atoms with E-state index in [0.717, 1.165) is 26.1 Å². The molecule has 1 aromatic carbocycles. The first-order valence-electron chi connectivity index (χ1n) is 7.18. The van der Waals surface area contributed by atoms with Gasteiger partial charge in [-0.1, -0.05) is 13.0 Å². The van der Waals surface area contributed by atoms with Gasteiger partial charge in [-0.3, -0.25) is 4.90 Å². The Morgan fingerprint density at radius 1 is 1.41 bits per heavy atom. The Labute approximate surface area is 139 Å². The van der Waals surface area contributed by atoms with Crippen molar-refractivity contribution in [3.05, 3.63) is 24.3 Å². The van der Waals surface area contributed by atoms with Crippen molar-refractivity contribution in [2.45, 2.75) is 18.2 Å². The molecule has 0 spiro atoms. The van der Waals surface area contributed by atoms with Crippen molar-refractivity contribution in [3.63, 3.8) is 0 Å². The van der Waals surface area contributed by atoms with E-state index in [2.05, 4.69) is 11.8 Å². The van der Waals surface area contributed by atoms with Gasteiger partial charge in [-0.15, -0.1) is 12.4 Å². The Morgan fingerprint density at radius 2 is 2.14 bits per heavy atom. The fourth-order valence-corrected chi connectivity index (χ4v) is 3.23. The molecule has 1 aliphatic heterocycles. The summed E-state index contributed by atoms with van der Waals surface area (Å²) in [5.41, 5.74) is 6.01. The zero-order valence-electron chi connectivity index (χ0n) is 13.1. The lowest BCUT2D eigenvalue weighted by atomic mass is 9.90. The SMILES string of the molecule is CC1(CN)CCN(CCOc2cccc(S(C)(=O)=O)c2)C1.Cl. The lowest BCUT2D eigenvalue weighted by molar-refractivity contribution is 0.219. The number of nitrogens with zero attached hydrogens (tertiary/aromatic N) is 1. The lowest BCUT2D eigenvalue weighted by Crippen LogP contribution is -2.33. The maximum absolute atomic E-state index is 11.5. The summed E-state index contributed by atoms with van der Waals surface area (Å²) in [6, 6.07) is 6.63. The van der Waals surface area contributed by atoms with Crippen molar-refractivity contribution in [2.24, 2.45) is 11.1 Å². The van der Waals surface area contributed by atoms with Crippen LogP contribution >= 0.6 is 12.4 Å². The summed E-state index contributed by atoms with van der Waals surface area (Å²) in [6.07, 6.45) is 2.32. The summed E-state index contributed by atoms with van der Waals surface area (Å²) >= 11 is 0. The molecule has 7 heteroatoms. The molecule has 1 aromatic rings. The summed E-state index contributed by atoms with van der Waals surface area (Å²) < 4.78 is 28.7. The second-order valence-corrected chi connectivity index (χ2v) is 8.15. The van der Waals surface area contributed by atoms with Crippen LogP contribution in [0.1, 0.15) is 13.3 Å². The smallest absolute Gasteiger partial charge is 0.175 e. The minimum absolute atomic E-state index is 0. The molecule has 0 bridgehead atoms. The van der Waals surface area contributed by atoms with E-state index in [1.54, 1.807) is 24.3 Å². The molecule has 1 unspecified atom stereocenters. The number of benzene rings is 1.